The molecule has 5 nitrogen and oxygen atoms in total. The van der Waals surface area contributed by atoms with E-state index in [-0.39, 0.29) is 10.4 Å². The number of benzene rings is 1. The zero-order valence-electron chi connectivity index (χ0n) is 12.1. The van der Waals surface area contributed by atoms with Crippen LogP contribution in [0.5, 0.6) is 0 Å². The third kappa shape index (κ3) is 2.78. The van der Waals surface area contributed by atoms with Gasteiger partial charge >= 0.3 is 0 Å². The first-order valence-corrected chi connectivity index (χ1v) is 9.54. The van der Waals surface area contributed by atoms with Crippen LogP contribution < -0.4 is 4.90 Å². The highest BCUT2D eigenvalue weighted by atomic mass is 32.2. The molecule has 0 bridgehead atoms. The number of hydrogen-bond acceptors (Lipinski definition) is 5. The highest BCUT2D eigenvalue weighted by molar-refractivity contribution is 7.94. The third-order valence-corrected chi connectivity index (χ3v) is 6.66. The van der Waals surface area contributed by atoms with Crippen molar-refractivity contribution in [3.8, 4) is 0 Å². The molecule has 0 fully saturated rings. The van der Waals surface area contributed by atoms with Gasteiger partial charge in [0.05, 0.1) is 0 Å². The SMILES string of the molecule is C[C@@H]1CCc2ccccc2N1C(=O)CS(=O)(=O)c1nccs1. The fourth-order valence-electron chi connectivity index (χ4n) is 2.73. The lowest BCUT2D eigenvalue weighted by atomic mass is 9.97. The summed E-state index contributed by atoms with van der Waals surface area (Å²) in [5, 5.41) is 1.59. The van der Waals surface area contributed by atoms with Gasteiger partial charge < -0.3 is 4.90 Å². The number of thiazole rings is 1. The van der Waals surface area contributed by atoms with Crippen molar-refractivity contribution in [1.29, 1.82) is 0 Å². The average molecular weight is 336 g/mol. The molecule has 1 aliphatic heterocycles. The number of carbonyl (C=O) groups excluding carboxylic acids is 1. The van der Waals surface area contributed by atoms with Gasteiger partial charge in [0.1, 0.15) is 5.75 Å². The molecular weight excluding hydrogens is 320 g/mol. The predicted octanol–water partition coefficient (Wildman–Crippen LogP) is 2.28. The number of fused-ring (bicyclic) bond motifs is 1. The summed E-state index contributed by atoms with van der Waals surface area (Å²) in [4.78, 5) is 18.0. The van der Waals surface area contributed by atoms with E-state index in [0.29, 0.717) is 0 Å². The molecule has 1 aliphatic rings. The molecule has 3 rings (SSSR count). The first-order chi connectivity index (χ1) is 10.5. The molecule has 0 spiro atoms. The Labute approximate surface area is 133 Å². The van der Waals surface area contributed by atoms with Crippen LogP contribution in [0.25, 0.3) is 0 Å². The van der Waals surface area contributed by atoms with E-state index < -0.39 is 21.5 Å². The molecule has 2 aromatic rings. The summed E-state index contributed by atoms with van der Waals surface area (Å²) in [6.45, 7) is 1.95. The summed E-state index contributed by atoms with van der Waals surface area (Å²) >= 11 is 1.04. The monoisotopic (exact) mass is 336 g/mol. The van der Waals surface area contributed by atoms with Gasteiger partial charge in [0.2, 0.25) is 20.1 Å². The van der Waals surface area contributed by atoms with E-state index in [1.54, 1.807) is 10.3 Å². The lowest BCUT2D eigenvalue weighted by molar-refractivity contribution is -0.116. The Hall–Kier alpha value is -1.73. The van der Waals surface area contributed by atoms with Gasteiger partial charge in [0, 0.05) is 23.3 Å². The lowest BCUT2D eigenvalue weighted by Crippen LogP contribution is -2.44. The number of anilines is 1. The molecule has 7 heteroatoms. The largest absolute Gasteiger partial charge is 0.308 e. The van der Waals surface area contributed by atoms with E-state index in [0.717, 1.165) is 35.4 Å². The van der Waals surface area contributed by atoms with Gasteiger partial charge in [-0.3, -0.25) is 4.79 Å². The summed E-state index contributed by atoms with van der Waals surface area (Å²) in [5.41, 5.74) is 1.90. The summed E-state index contributed by atoms with van der Waals surface area (Å²) < 4.78 is 24.5. The Morgan fingerprint density at radius 2 is 2.18 bits per heavy atom. The quantitative estimate of drug-likeness (QED) is 0.862. The Bertz CT molecular complexity index is 785. The molecule has 0 saturated heterocycles. The molecule has 0 aliphatic carbocycles. The van der Waals surface area contributed by atoms with Crippen LogP contribution >= 0.6 is 11.3 Å². The maximum absolute atomic E-state index is 12.6. The molecule has 0 saturated carbocycles. The van der Waals surface area contributed by atoms with Crippen LogP contribution in [0.4, 0.5) is 5.69 Å². The van der Waals surface area contributed by atoms with Crippen molar-refractivity contribution in [2.45, 2.75) is 30.1 Å². The molecule has 1 atom stereocenters. The van der Waals surface area contributed by atoms with Gasteiger partial charge in [0.25, 0.3) is 0 Å². The second kappa shape index (κ2) is 5.81. The number of nitrogens with zero attached hydrogens (tertiary/aromatic N) is 2. The van der Waals surface area contributed by atoms with Crippen LogP contribution in [0.3, 0.4) is 0 Å². The van der Waals surface area contributed by atoms with Crippen molar-refractivity contribution in [3.63, 3.8) is 0 Å². The van der Waals surface area contributed by atoms with Gasteiger partial charge in [-0.15, -0.1) is 11.3 Å². The highest BCUT2D eigenvalue weighted by Gasteiger charge is 2.32. The van der Waals surface area contributed by atoms with E-state index in [9.17, 15) is 13.2 Å². The topological polar surface area (TPSA) is 67.3 Å². The summed E-state index contributed by atoms with van der Waals surface area (Å²) in [6, 6.07) is 7.65. The number of aryl methyl sites for hydroxylation is 1. The second-order valence-electron chi connectivity index (χ2n) is 5.34. The number of aromatic nitrogens is 1. The van der Waals surface area contributed by atoms with E-state index in [2.05, 4.69) is 4.98 Å². The van der Waals surface area contributed by atoms with Crippen molar-refractivity contribution < 1.29 is 13.2 Å². The minimum absolute atomic E-state index is 0.00111. The smallest absolute Gasteiger partial charge is 0.242 e. The van der Waals surface area contributed by atoms with Crippen molar-refractivity contribution in [2.75, 3.05) is 10.7 Å². The summed E-state index contributed by atoms with van der Waals surface area (Å²) in [6.07, 6.45) is 3.17. The van der Waals surface area contributed by atoms with E-state index in [1.165, 1.54) is 6.20 Å². The lowest BCUT2D eigenvalue weighted by Gasteiger charge is -2.35. The normalized spacial score (nSPS) is 18.0. The Kier molecular flexibility index (Phi) is 4.01. The number of sulfone groups is 1. The zero-order chi connectivity index (χ0) is 15.7. The van der Waals surface area contributed by atoms with Crippen LogP contribution in [0.1, 0.15) is 18.9 Å². The summed E-state index contributed by atoms with van der Waals surface area (Å²) in [5.74, 6) is -0.936. The van der Waals surface area contributed by atoms with Gasteiger partial charge in [0.15, 0.2) is 0 Å². The van der Waals surface area contributed by atoms with Crippen molar-refractivity contribution in [2.24, 2.45) is 0 Å². The Balaban J connectivity index is 1.89. The van der Waals surface area contributed by atoms with Crippen molar-refractivity contribution in [3.05, 3.63) is 41.4 Å². The maximum Gasteiger partial charge on any atom is 0.242 e. The molecule has 1 amide bonds. The molecule has 116 valence electrons. The number of carbonyl (C=O) groups is 1. The standard InChI is InChI=1S/C15H16N2O3S2/c1-11-6-7-12-4-2-3-5-13(12)17(11)14(18)10-22(19,20)15-16-8-9-21-15/h2-5,8-9,11H,6-7,10H2,1H3/t11-/m1/s1. The van der Waals surface area contributed by atoms with Crippen LogP contribution in [-0.4, -0.2) is 31.1 Å². The van der Waals surface area contributed by atoms with E-state index in [4.69, 9.17) is 0 Å². The minimum atomic E-state index is -3.68. The molecule has 0 radical (unpaired) electrons. The second-order valence-corrected chi connectivity index (χ2v) is 8.40. The summed E-state index contributed by atoms with van der Waals surface area (Å²) in [7, 11) is -3.68. The zero-order valence-corrected chi connectivity index (χ0v) is 13.7. The van der Waals surface area contributed by atoms with Crippen LogP contribution in [0.15, 0.2) is 40.2 Å². The predicted molar refractivity (Wildman–Crippen MR) is 85.9 cm³/mol. The number of hydrogen-bond donors (Lipinski definition) is 0. The minimum Gasteiger partial charge on any atom is -0.308 e. The first kappa shape index (κ1) is 15.2. The molecule has 2 heterocycles. The Morgan fingerprint density at radius 1 is 1.41 bits per heavy atom. The van der Waals surface area contributed by atoms with E-state index in [1.807, 2.05) is 31.2 Å². The maximum atomic E-state index is 12.6. The van der Waals surface area contributed by atoms with Gasteiger partial charge in [-0.25, -0.2) is 13.4 Å². The van der Waals surface area contributed by atoms with Crippen molar-refractivity contribution in [1.82, 2.24) is 4.98 Å². The van der Waals surface area contributed by atoms with Crippen LogP contribution in [-0.2, 0) is 21.1 Å². The van der Waals surface area contributed by atoms with Gasteiger partial charge in [-0.2, -0.15) is 0 Å². The Morgan fingerprint density at radius 3 is 2.91 bits per heavy atom. The van der Waals surface area contributed by atoms with Gasteiger partial charge in [-0.1, -0.05) is 18.2 Å². The molecule has 0 unspecified atom stereocenters. The number of rotatable bonds is 3. The van der Waals surface area contributed by atoms with Crippen molar-refractivity contribution >= 4 is 32.8 Å². The van der Waals surface area contributed by atoms with Crippen LogP contribution in [0, 0.1) is 0 Å². The molecule has 1 aromatic carbocycles. The molecule has 22 heavy (non-hydrogen) atoms. The fraction of sp³-hybridized carbons (Fsp3) is 0.333. The number of para-hydroxylation sites is 1. The number of amides is 1. The first-order valence-electron chi connectivity index (χ1n) is 7.01. The van der Waals surface area contributed by atoms with Gasteiger partial charge in [-0.05, 0) is 31.4 Å². The van der Waals surface area contributed by atoms with Crippen LogP contribution in [0.2, 0.25) is 0 Å². The average Bonchev–Trinajstić information content (AvgIpc) is 3.01. The third-order valence-electron chi connectivity index (χ3n) is 3.78. The molecular formula is C15H16N2O3S2. The fourth-order valence-corrected chi connectivity index (χ4v) is 4.82. The van der Waals surface area contributed by atoms with E-state index >= 15 is 0 Å². The molecule has 1 aromatic heterocycles. The highest BCUT2D eigenvalue weighted by Crippen LogP contribution is 2.31. The molecule has 0 N–H and O–H groups in total.